The van der Waals surface area contributed by atoms with E-state index in [2.05, 4.69) is 22.5 Å². The van der Waals surface area contributed by atoms with Gasteiger partial charge in [0.25, 0.3) is 0 Å². The molecular weight excluding hydrogens is 292 g/mol. The Hall–Kier alpha value is -2.20. The van der Waals surface area contributed by atoms with Crippen molar-refractivity contribution < 1.29 is 4.74 Å². The molecule has 1 aromatic heterocycles. The summed E-state index contributed by atoms with van der Waals surface area (Å²) >= 11 is 1.65. The lowest BCUT2D eigenvalue weighted by atomic mass is 10.1. The number of benzene rings is 2. The van der Waals surface area contributed by atoms with Crippen LogP contribution >= 0.6 is 11.8 Å². The first kappa shape index (κ1) is 14.7. The fourth-order valence-corrected chi connectivity index (χ4v) is 2.87. The number of ether oxygens (including phenoxy) is 1. The van der Waals surface area contributed by atoms with Gasteiger partial charge < -0.3 is 9.30 Å². The molecule has 0 aliphatic rings. The molecule has 3 aromatic rings. The number of rotatable bonds is 5. The van der Waals surface area contributed by atoms with Crippen LogP contribution in [-0.2, 0) is 6.54 Å². The molecule has 4 heteroatoms. The fourth-order valence-electron chi connectivity index (χ4n) is 2.35. The van der Waals surface area contributed by atoms with E-state index in [1.54, 1.807) is 11.8 Å². The van der Waals surface area contributed by atoms with Gasteiger partial charge in [0.2, 0.25) is 0 Å². The molecule has 0 atom stereocenters. The van der Waals surface area contributed by atoms with Crippen LogP contribution in [0, 0.1) is 6.92 Å². The molecule has 3 nitrogen and oxygen atoms in total. The van der Waals surface area contributed by atoms with Crippen molar-refractivity contribution in [1.29, 1.82) is 0 Å². The van der Waals surface area contributed by atoms with Crippen molar-refractivity contribution in [3.63, 3.8) is 0 Å². The Balaban J connectivity index is 1.86. The molecule has 0 bridgehead atoms. The van der Waals surface area contributed by atoms with Crippen LogP contribution in [-0.4, -0.2) is 15.8 Å². The van der Waals surface area contributed by atoms with Crippen LogP contribution < -0.4 is 4.74 Å². The maximum absolute atomic E-state index is 6.00. The van der Waals surface area contributed by atoms with Crippen LogP contribution in [0.5, 0.6) is 11.5 Å². The minimum absolute atomic E-state index is 0.800. The molecule has 0 amide bonds. The Morgan fingerprint density at radius 3 is 2.68 bits per heavy atom. The third-order valence-corrected chi connectivity index (χ3v) is 4.27. The molecule has 0 aliphatic carbocycles. The molecule has 0 N–H and O–H groups in total. The summed E-state index contributed by atoms with van der Waals surface area (Å²) in [6.07, 6.45) is 5.89. The number of thioether (sulfide) groups is 1. The first-order valence-corrected chi connectivity index (χ1v) is 8.37. The van der Waals surface area contributed by atoms with Crippen molar-refractivity contribution in [3.8, 4) is 11.5 Å². The van der Waals surface area contributed by atoms with Crippen molar-refractivity contribution in [2.75, 3.05) is 6.26 Å². The van der Waals surface area contributed by atoms with Crippen molar-refractivity contribution >= 4 is 11.8 Å². The third kappa shape index (κ3) is 3.17. The minimum atomic E-state index is 0.800. The first-order valence-electron chi connectivity index (χ1n) is 7.14. The highest BCUT2D eigenvalue weighted by molar-refractivity contribution is 7.98. The van der Waals surface area contributed by atoms with Gasteiger partial charge in [-0.15, -0.1) is 0 Å². The quantitative estimate of drug-likeness (QED) is 0.636. The summed E-state index contributed by atoms with van der Waals surface area (Å²) in [4.78, 5) is 4.35. The third-order valence-electron chi connectivity index (χ3n) is 3.57. The average molecular weight is 310 g/mol. The summed E-state index contributed by atoms with van der Waals surface area (Å²) in [7, 11) is 0. The SMILES string of the molecule is CSc1nccn1Cc1cccc(Oc2ccccc2)c1C. The number of hydrogen-bond donors (Lipinski definition) is 0. The van der Waals surface area contributed by atoms with E-state index in [1.807, 2.05) is 61.1 Å². The van der Waals surface area contributed by atoms with Crippen LogP contribution in [0.25, 0.3) is 0 Å². The van der Waals surface area contributed by atoms with E-state index in [0.717, 1.165) is 28.8 Å². The molecule has 0 saturated heterocycles. The van der Waals surface area contributed by atoms with Crippen LogP contribution in [0.4, 0.5) is 0 Å². The summed E-state index contributed by atoms with van der Waals surface area (Å²) < 4.78 is 8.15. The molecule has 112 valence electrons. The van der Waals surface area contributed by atoms with Gasteiger partial charge in [-0.1, -0.05) is 42.1 Å². The highest BCUT2D eigenvalue weighted by Crippen LogP contribution is 2.28. The van der Waals surface area contributed by atoms with Crippen LogP contribution in [0.1, 0.15) is 11.1 Å². The number of aromatic nitrogens is 2. The molecule has 0 spiro atoms. The number of imidazole rings is 1. The van der Waals surface area contributed by atoms with Gasteiger partial charge in [-0.05, 0) is 42.5 Å². The number of para-hydroxylation sites is 1. The van der Waals surface area contributed by atoms with Gasteiger partial charge in [0.05, 0.1) is 0 Å². The summed E-state index contributed by atoms with van der Waals surface area (Å²) in [5, 5.41) is 1.02. The van der Waals surface area contributed by atoms with Crippen LogP contribution in [0.15, 0.2) is 66.1 Å². The van der Waals surface area contributed by atoms with E-state index >= 15 is 0 Å². The second-order valence-electron chi connectivity index (χ2n) is 5.00. The van der Waals surface area contributed by atoms with E-state index in [0.29, 0.717) is 0 Å². The van der Waals surface area contributed by atoms with Crippen molar-refractivity contribution in [3.05, 3.63) is 72.1 Å². The number of nitrogens with zero attached hydrogens (tertiary/aromatic N) is 2. The Bertz CT molecular complexity index is 753. The Labute approximate surface area is 135 Å². The van der Waals surface area contributed by atoms with E-state index in [9.17, 15) is 0 Å². The van der Waals surface area contributed by atoms with Gasteiger partial charge in [-0.3, -0.25) is 0 Å². The zero-order valence-electron chi connectivity index (χ0n) is 12.7. The fraction of sp³-hybridized carbons (Fsp3) is 0.167. The maximum Gasteiger partial charge on any atom is 0.167 e. The zero-order valence-corrected chi connectivity index (χ0v) is 13.5. The van der Waals surface area contributed by atoms with Crippen molar-refractivity contribution in [1.82, 2.24) is 9.55 Å². The predicted molar refractivity (Wildman–Crippen MR) is 90.8 cm³/mol. The minimum Gasteiger partial charge on any atom is -0.457 e. The molecule has 0 unspecified atom stereocenters. The van der Waals surface area contributed by atoms with Gasteiger partial charge in [-0.25, -0.2) is 4.98 Å². The molecule has 0 radical (unpaired) electrons. The highest BCUT2D eigenvalue weighted by Gasteiger charge is 2.08. The lowest BCUT2D eigenvalue weighted by Gasteiger charge is -2.13. The van der Waals surface area contributed by atoms with E-state index in [-0.39, 0.29) is 0 Å². The average Bonchev–Trinajstić information content (AvgIpc) is 2.99. The second-order valence-corrected chi connectivity index (χ2v) is 5.77. The zero-order chi connectivity index (χ0) is 15.4. The molecule has 3 rings (SSSR count). The van der Waals surface area contributed by atoms with Crippen molar-refractivity contribution in [2.45, 2.75) is 18.6 Å². The maximum atomic E-state index is 6.00. The van der Waals surface area contributed by atoms with Gasteiger partial charge in [0.1, 0.15) is 11.5 Å². The highest BCUT2D eigenvalue weighted by atomic mass is 32.2. The smallest absolute Gasteiger partial charge is 0.167 e. The summed E-state index contributed by atoms with van der Waals surface area (Å²) in [5.74, 6) is 1.75. The molecule has 2 aromatic carbocycles. The molecular formula is C18H18N2OS. The predicted octanol–water partition coefficient (Wildman–Crippen LogP) is 4.75. The monoisotopic (exact) mass is 310 g/mol. The van der Waals surface area contributed by atoms with Crippen LogP contribution in [0.2, 0.25) is 0 Å². The van der Waals surface area contributed by atoms with Gasteiger partial charge in [0.15, 0.2) is 5.16 Å². The largest absolute Gasteiger partial charge is 0.457 e. The van der Waals surface area contributed by atoms with Gasteiger partial charge in [-0.2, -0.15) is 0 Å². The van der Waals surface area contributed by atoms with Gasteiger partial charge in [0, 0.05) is 18.9 Å². The molecule has 1 heterocycles. The molecule has 0 saturated carbocycles. The Morgan fingerprint density at radius 2 is 1.91 bits per heavy atom. The normalized spacial score (nSPS) is 10.6. The lowest BCUT2D eigenvalue weighted by molar-refractivity contribution is 0.477. The molecule has 0 fully saturated rings. The van der Waals surface area contributed by atoms with E-state index < -0.39 is 0 Å². The lowest BCUT2D eigenvalue weighted by Crippen LogP contribution is -2.02. The van der Waals surface area contributed by atoms with Crippen molar-refractivity contribution in [2.24, 2.45) is 0 Å². The van der Waals surface area contributed by atoms with E-state index in [1.165, 1.54) is 5.56 Å². The van der Waals surface area contributed by atoms with E-state index in [4.69, 9.17) is 4.74 Å². The Morgan fingerprint density at radius 1 is 1.09 bits per heavy atom. The topological polar surface area (TPSA) is 27.1 Å². The summed E-state index contributed by atoms with van der Waals surface area (Å²) in [5.41, 5.74) is 2.40. The molecule has 22 heavy (non-hydrogen) atoms. The van der Waals surface area contributed by atoms with Gasteiger partial charge >= 0.3 is 0 Å². The Kier molecular flexibility index (Phi) is 4.49. The molecule has 0 aliphatic heterocycles. The number of hydrogen-bond acceptors (Lipinski definition) is 3. The summed E-state index contributed by atoms with van der Waals surface area (Å²) in [6, 6.07) is 16.1. The standard InChI is InChI=1S/C18H18N2OS/c1-14-15(13-20-12-11-19-18(20)22-2)7-6-10-17(14)21-16-8-4-3-5-9-16/h3-12H,13H2,1-2H3. The van der Waals surface area contributed by atoms with Crippen LogP contribution in [0.3, 0.4) is 0 Å². The second kappa shape index (κ2) is 6.71. The summed E-state index contributed by atoms with van der Waals surface area (Å²) in [6.45, 7) is 2.90. The first-order chi connectivity index (χ1) is 10.8.